The van der Waals surface area contributed by atoms with Crippen LogP contribution in [-0.2, 0) is 6.54 Å². The standard InChI is InChI=1S/C12H16N4OS/c1-7-4-9(18-8(7)2)5-14-12-10(17-3)11(13)15-6-16-12/h4,6H,5H2,1-3H3,(H3,13,14,15,16). The van der Waals surface area contributed by atoms with Gasteiger partial charge in [-0.1, -0.05) is 0 Å². The van der Waals surface area contributed by atoms with Crippen LogP contribution in [0.2, 0.25) is 0 Å². The highest BCUT2D eigenvalue weighted by Crippen LogP contribution is 2.28. The minimum absolute atomic E-state index is 0.341. The van der Waals surface area contributed by atoms with Crippen LogP contribution in [0.5, 0.6) is 5.75 Å². The lowest BCUT2D eigenvalue weighted by Gasteiger charge is -2.10. The monoisotopic (exact) mass is 264 g/mol. The van der Waals surface area contributed by atoms with Gasteiger partial charge < -0.3 is 15.8 Å². The molecule has 0 fully saturated rings. The van der Waals surface area contributed by atoms with E-state index in [2.05, 4.69) is 35.2 Å². The van der Waals surface area contributed by atoms with E-state index in [1.54, 1.807) is 18.4 Å². The van der Waals surface area contributed by atoms with Gasteiger partial charge in [0.1, 0.15) is 6.33 Å². The van der Waals surface area contributed by atoms with Crippen LogP contribution in [-0.4, -0.2) is 17.1 Å². The number of nitrogens with two attached hydrogens (primary N) is 1. The quantitative estimate of drug-likeness (QED) is 0.886. The molecule has 0 aromatic carbocycles. The number of methoxy groups -OCH3 is 1. The van der Waals surface area contributed by atoms with Crippen LogP contribution in [0, 0.1) is 13.8 Å². The van der Waals surface area contributed by atoms with Crippen molar-refractivity contribution in [2.75, 3.05) is 18.2 Å². The van der Waals surface area contributed by atoms with Crippen molar-refractivity contribution in [1.82, 2.24) is 9.97 Å². The number of nitrogens with zero attached hydrogens (tertiary/aromatic N) is 2. The molecule has 18 heavy (non-hydrogen) atoms. The molecule has 2 heterocycles. The van der Waals surface area contributed by atoms with Gasteiger partial charge in [-0.05, 0) is 25.5 Å². The molecule has 2 aromatic rings. The van der Waals surface area contributed by atoms with E-state index >= 15 is 0 Å². The van der Waals surface area contributed by atoms with Crippen LogP contribution in [0.15, 0.2) is 12.4 Å². The van der Waals surface area contributed by atoms with Crippen LogP contribution >= 0.6 is 11.3 Å². The summed E-state index contributed by atoms with van der Waals surface area (Å²) in [6.07, 6.45) is 1.42. The minimum atomic E-state index is 0.341. The fraction of sp³-hybridized carbons (Fsp3) is 0.333. The normalized spacial score (nSPS) is 10.4. The first-order valence-corrected chi connectivity index (χ1v) is 6.37. The first-order valence-electron chi connectivity index (χ1n) is 5.56. The Bertz CT molecular complexity index is 534. The fourth-order valence-corrected chi connectivity index (χ4v) is 2.62. The van der Waals surface area contributed by atoms with Gasteiger partial charge in [0, 0.05) is 9.75 Å². The van der Waals surface area contributed by atoms with E-state index in [-0.39, 0.29) is 0 Å². The Morgan fingerprint density at radius 2 is 2.17 bits per heavy atom. The second kappa shape index (κ2) is 5.22. The third kappa shape index (κ3) is 2.53. The van der Waals surface area contributed by atoms with E-state index in [0.717, 1.165) is 0 Å². The topological polar surface area (TPSA) is 73.1 Å². The molecule has 0 saturated heterocycles. The van der Waals surface area contributed by atoms with Crippen molar-refractivity contribution < 1.29 is 4.74 Å². The average molecular weight is 264 g/mol. The second-order valence-electron chi connectivity index (χ2n) is 3.95. The molecule has 5 nitrogen and oxygen atoms in total. The zero-order valence-electron chi connectivity index (χ0n) is 10.7. The Morgan fingerprint density at radius 1 is 1.39 bits per heavy atom. The van der Waals surface area contributed by atoms with Gasteiger partial charge in [0.05, 0.1) is 13.7 Å². The van der Waals surface area contributed by atoms with Crippen molar-refractivity contribution in [3.8, 4) is 5.75 Å². The average Bonchev–Trinajstić information content (AvgIpc) is 2.66. The second-order valence-corrected chi connectivity index (χ2v) is 5.29. The third-order valence-electron chi connectivity index (χ3n) is 2.68. The van der Waals surface area contributed by atoms with Gasteiger partial charge in [-0.25, -0.2) is 9.97 Å². The van der Waals surface area contributed by atoms with Gasteiger partial charge in [0.2, 0.25) is 5.75 Å². The molecule has 0 aliphatic carbocycles. The van der Waals surface area contributed by atoms with Crippen molar-refractivity contribution in [2.45, 2.75) is 20.4 Å². The summed E-state index contributed by atoms with van der Waals surface area (Å²) in [6, 6.07) is 2.17. The van der Waals surface area contributed by atoms with E-state index in [1.165, 1.54) is 21.6 Å². The number of hydrogen-bond acceptors (Lipinski definition) is 6. The van der Waals surface area contributed by atoms with Crippen molar-refractivity contribution in [1.29, 1.82) is 0 Å². The van der Waals surface area contributed by atoms with E-state index in [1.807, 2.05) is 0 Å². The molecule has 0 spiro atoms. The number of rotatable bonds is 4. The molecule has 0 aliphatic heterocycles. The van der Waals surface area contributed by atoms with E-state index in [9.17, 15) is 0 Å². The van der Waals surface area contributed by atoms with E-state index in [0.29, 0.717) is 23.9 Å². The molecule has 0 atom stereocenters. The molecule has 0 amide bonds. The van der Waals surface area contributed by atoms with Gasteiger partial charge in [-0.3, -0.25) is 0 Å². The Kier molecular flexibility index (Phi) is 3.66. The van der Waals surface area contributed by atoms with Crippen LogP contribution < -0.4 is 15.8 Å². The Hall–Kier alpha value is -1.82. The maximum atomic E-state index is 5.72. The summed E-state index contributed by atoms with van der Waals surface area (Å²) in [5.74, 6) is 1.45. The summed E-state index contributed by atoms with van der Waals surface area (Å²) in [5.41, 5.74) is 7.03. The zero-order chi connectivity index (χ0) is 13.1. The highest BCUT2D eigenvalue weighted by atomic mass is 32.1. The molecule has 0 unspecified atom stereocenters. The minimum Gasteiger partial charge on any atom is -0.490 e. The molecular formula is C12H16N4OS. The van der Waals surface area contributed by atoms with Crippen molar-refractivity contribution in [3.63, 3.8) is 0 Å². The van der Waals surface area contributed by atoms with Crippen molar-refractivity contribution in [3.05, 3.63) is 27.7 Å². The number of aromatic nitrogens is 2. The molecule has 0 bridgehead atoms. The van der Waals surface area contributed by atoms with Gasteiger partial charge in [0.25, 0.3) is 0 Å². The van der Waals surface area contributed by atoms with Gasteiger partial charge in [-0.15, -0.1) is 11.3 Å². The Balaban J connectivity index is 2.13. The van der Waals surface area contributed by atoms with Crippen LogP contribution in [0.25, 0.3) is 0 Å². The maximum absolute atomic E-state index is 5.72. The van der Waals surface area contributed by atoms with Crippen LogP contribution in [0.4, 0.5) is 11.6 Å². The number of anilines is 2. The largest absolute Gasteiger partial charge is 0.490 e. The van der Waals surface area contributed by atoms with Crippen LogP contribution in [0.3, 0.4) is 0 Å². The van der Waals surface area contributed by atoms with Gasteiger partial charge in [-0.2, -0.15) is 0 Å². The Labute approximate surface area is 110 Å². The molecule has 0 radical (unpaired) electrons. The number of ether oxygens (including phenoxy) is 1. The summed E-state index contributed by atoms with van der Waals surface area (Å²) in [6.45, 7) is 4.93. The van der Waals surface area contributed by atoms with Gasteiger partial charge in [0.15, 0.2) is 11.6 Å². The lowest BCUT2D eigenvalue weighted by atomic mass is 10.3. The molecule has 96 valence electrons. The lowest BCUT2D eigenvalue weighted by Crippen LogP contribution is -2.05. The van der Waals surface area contributed by atoms with E-state index in [4.69, 9.17) is 10.5 Å². The molecule has 2 rings (SSSR count). The summed E-state index contributed by atoms with van der Waals surface area (Å²) in [5, 5.41) is 3.22. The van der Waals surface area contributed by atoms with Gasteiger partial charge >= 0.3 is 0 Å². The summed E-state index contributed by atoms with van der Waals surface area (Å²) < 4.78 is 5.18. The van der Waals surface area contributed by atoms with E-state index < -0.39 is 0 Å². The first kappa shape index (κ1) is 12.6. The lowest BCUT2D eigenvalue weighted by molar-refractivity contribution is 0.415. The SMILES string of the molecule is COc1c(N)ncnc1NCc1cc(C)c(C)s1. The molecule has 0 aliphatic rings. The number of nitrogens with one attached hydrogen (secondary N) is 1. The number of hydrogen-bond donors (Lipinski definition) is 2. The molecular weight excluding hydrogens is 248 g/mol. The Morgan fingerprint density at radius 3 is 2.78 bits per heavy atom. The fourth-order valence-electron chi connectivity index (χ4n) is 1.62. The highest BCUT2D eigenvalue weighted by molar-refractivity contribution is 7.12. The molecule has 3 N–H and O–H groups in total. The first-order chi connectivity index (χ1) is 8.61. The number of aryl methyl sites for hydroxylation is 2. The molecule has 6 heteroatoms. The van der Waals surface area contributed by atoms with Crippen LogP contribution in [0.1, 0.15) is 15.3 Å². The maximum Gasteiger partial charge on any atom is 0.203 e. The smallest absolute Gasteiger partial charge is 0.203 e. The number of thiophene rings is 1. The molecule has 0 saturated carbocycles. The zero-order valence-corrected chi connectivity index (χ0v) is 11.5. The summed E-state index contributed by atoms with van der Waals surface area (Å²) in [4.78, 5) is 10.6. The predicted molar refractivity (Wildman–Crippen MR) is 74.1 cm³/mol. The summed E-state index contributed by atoms with van der Waals surface area (Å²) >= 11 is 1.77. The number of nitrogen functional groups attached to an aromatic ring is 1. The predicted octanol–water partition coefficient (Wildman–Crippen LogP) is 2.36. The summed E-state index contributed by atoms with van der Waals surface area (Å²) in [7, 11) is 1.56. The van der Waals surface area contributed by atoms with Crippen molar-refractivity contribution >= 4 is 23.0 Å². The molecule has 2 aromatic heterocycles. The van der Waals surface area contributed by atoms with Crippen molar-refractivity contribution in [2.24, 2.45) is 0 Å². The highest BCUT2D eigenvalue weighted by Gasteiger charge is 2.09. The third-order valence-corrected chi connectivity index (χ3v) is 3.84.